The van der Waals surface area contributed by atoms with Crippen molar-refractivity contribution in [3.05, 3.63) is 10.1 Å². The second-order valence-electron chi connectivity index (χ2n) is 10.4. The largest absolute Gasteiger partial charge is 0.390 e. The van der Waals surface area contributed by atoms with E-state index in [-0.39, 0.29) is 34.0 Å². The first kappa shape index (κ1) is 18.4. The maximum atomic E-state index is 12.3. The van der Waals surface area contributed by atoms with Crippen LogP contribution in [-0.2, 0) is 4.79 Å². The zero-order valence-corrected chi connectivity index (χ0v) is 16.4. The molecule has 0 aromatic carbocycles. The quantitative estimate of drug-likeness (QED) is 0.597. The van der Waals surface area contributed by atoms with Crippen molar-refractivity contribution in [1.29, 1.82) is 0 Å². The Labute approximate surface area is 156 Å². The number of hydrogen-bond acceptors (Lipinski definition) is 4. The molecule has 5 nitrogen and oxygen atoms in total. The Morgan fingerprint density at radius 1 is 1.08 bits per heavy atom. The van der Waals surface area contributed by atoms with E-state index in [4.69, 9.17) is 0 Å². The Hall–Kier alpha value is -0.970. The molecule has 4 fully saturated rings. The number of fused-ring (bicyclic) bond motifs is 5. The van der Waals surface area contributed by atoms with Crippen LogP contribution < -0.4 is 0 Å². The van der Waals surface area contributed by atoms with Crippen molar-refractivity contribution in [1.82, 2.24) is 0 Å². The van der Waals surface area contributed by atoms with Crippen LogP contribution in [0, 0.1) is 50.5 Å². The lowest BCUT2D eigenvalue weighted by Gasteiger charge is -2.62. The zero-order valence-electron chi connectivity index (χ0n) is 16.4. The molecule has 0 saturated heterocycles. The highest BCUT2D eigenvalue weighted by Crippen LogP contribution is 2.68. The van der Waals surface area contributed by atoms with Gasteiger partial charge in [0.25, 0.3) is 0 Å². The molecule has 4 saturated carbocycles. The first-order valence-electron chi connectivity index (χ1n) is 10.5. The van der Waals surface area contributed by atoms with Gasteiger partial charge in [-0.2, -0.15) is 0 Å². The number of ketones is 1. The molecule has 8 atom stereocenters. The van der Waals surface area contributed by atoms with Gasteiger partial charge in [-0.05, 0) is 80.0 Å². The van der Waals surface area contributed by atoms with Gasteiger partial charge in [0, 0.05) is 23.7 Å². The van der Waals surface area contributed by atoms with E-state index in [0.717, 1.165) is 38.5 Å². The van der Waals surface area contributed by atoms with Crippen LogP contribution in [0.15, 0.2) is 0 Å². The summed E-state index contributed by atoms with van der Waals surface area (Å²) in [5, 5.41) is 22.3. The topological polar surface area (TPSA) is 80.4 Å². The van der Waals surface area contributed by atoms with Gasteiger partial charge in [0.1, 0.15) is 5.78 Å². The number of hydrogen-bond donors (Lipinski definition) is 1. The van der Waals surface area contributed by atoms with E-state index < -0.39 is 5.60 Å². The smallest absolute Gasteiger partial charge is 0.207 e. The maximum Gasteiger partial charge on any atom is 0.207 e. The van der Waals surface area contributed by atoms with Gasteiger partial charge in [-0.15, -0.1) is 0 Å². The molecule has 0 heterocycles. The van der Waals surface area contributed by atoms with E-state index in [9.17, 15) is 20.0 Å². The second kappa shape index (κ2) is 5.76. The minimum atomic E-state index is -0.594. The van der Waals surface area contributed by atoms with Crippen molar-refractivity contribution in [2.24, 2.45) is 40.4 Å². The molecular formula is C21H33NO4. The van der Waals surface area contributed by atoms with E-state index in [2.05, 4.69) is 13.8 Å². The SMILES string of the molecule is C[C@]12[C@@H](C[N+](=O)[O-])CC(=O)C[C@@H]1CC[C@@H]1[C@@H]2CC[C@@]2(C)[C@H]1CC[C@]2(C)O. The highest BCUT2D eigenvalue weighted by Gasteiger charge is 2.65. The Balaban J connectivity index is 1.69. The Morgan fingerprint density at radius 2 is 1.77 bits per heavy atom. The number of carbonyl (C=O) groups excluding carboxylic acids is 1. The molecule has 1 N–H and O–H groups in total. The average molecular weight is 363 g/mol. The number of Topliss-reactive ketones (excluding diaryl/α,β-unsaturated/α-hetero) is 1. The van der Waals surface area contributed by atoms with Crippen LogP contribution in [-0.4, -0.2) is 28.0 Å². The van der Waals surface area contributed by atoms with E-state index in [0.29, 0.717) is 36.5 Å². The number of rotatable bonds is 2. The first-order chi connectivity index (χ1) is 12.1. The molecule has 4 aliphatic rings. The highest BCUT2D eigenvalue weighted by atomic mass is 16.6. The Kier molecular flexibility index (Phi) is 4.08. The summed E-state index contributed by atoms with van der Waals surface area (Å²) in [4.78, 5) is 23.4. The van der Waals surface area contributed by atoms with Crippen molar-refractivity contribution in [3.8, 4) is 0 Å². The standard InChI is InChI=1S/C21H33NO4/c1-19-8-6-18-16(17(19)7-9-20(19,2)24)5-4-13-10-15(23)11-14(12-22(25)26)21(13,18)3/h13-14,16-18,24H,4-12H2,1-3H3/t13-,14+,16-,17-,18-,19-,20-,21+/m0/s1. The third-order valence-electron chi connectivity index (χ3n) is 9.72. The molecule has 0 unspecified atom stereocenters. The van der Waals surface area contributed by atoms with Crippen molar-refractivity contribution >= 4 is 5.78 Å². The van der Waals surface area contributed by atoms with E-state index in [1.54, 1.807) is 0 Å². The molecule has 146 valence electrons. The predicted octanol–water partition coefficient (Wildman–Crippen LogP) is 3.85. The van der Waals surface area contributed by atoms with Crippen molar-refractivity contribution in [2.75, 3.05) is 6.54 Å². The third kappa shape index (κ3) is 2.35. The van der Waals surface area contributed by atoms with Crippen molar-refractivity contribution in [2.45, 2.75) is 77.7 Å². The second-order valence-corrected chi connectivity index (χ2v) is 10.4. The van der Waals surface area contributed by atoms with Crippen LogP contribution >= 0.6 is 0 Å². The number of aliphatic hydroxyl groups is 1. The normalized spacial score (nSPS) is 53.5. The fourth-order valence-electron chi connectivity index (χ4n) is 7.97. The van der Waals surface area contributed by atoms with Crippen LogP contribution in [0.2, 0.25) is 0 Å². The molecule has 0 aromatic rings. The van der Waals surface area contributed by atoms with Crippen LogP contribution in [0.5, 0.6) is 0 Å². The molecule has 0 amide bonds. The van der Waals surface area contributed by atoms with Crippen LogP contribution in [0.1, 0.15) is 72.1 Å². The molecule has 0 bridgehead atoms. The summed E-state index contributed by atoms with van der Waals surface area (Å²) in [6.07, 6.45) is 7.14. The lowest BCUT2D eigenvalue weighted by molar-refractivity contribution is -0.494. The minimum absolute atomic E-state index is 0.0273. The maximum absolute atomic E-state index is 12.3. The molecule has 26 heavy (non-hydrogen) atoms. The Bertz CT molecular complexity index is 630. The van der Waals surface area contributed by atoms with Crippen LogP contribution in [0.4, 0.5) is 0 Å². The predicted molar refractivity (Wildman–Crippen MR) is 98.1 cm³/mol. The molecule has 0 radical (unpaired) electrons. The van der Waals surface area contributed by atoms with Crippen LogP contribution in [0.25, 0.3) is 0 Å². The first-order valence-corrected chi connectivity index (χ1v) is 10.5. The van der Waals surface area contributed by atoms with Gasteiger partial charge in [0.15, 0.2) is 0 Å². The fraction of sp³-hybridized carbons (Fsp3) is 0.952. The summed E-state index contributed by atoms with van der Waals surface area (Å²) in [6.45, 7) is 6.48. The summed E-state index contributed by atoms with van der Waals surface area (Å²) < 4.78 is 0. The molecule has 5 heteroatoms. The molecule has 4 rings (SSSR count). The van der Waals surface area contributed by atoms with Gasteiger partial charge in [0.05, 0.1) is 5.60 Å². The van der Waals surface area contributed by atoms with Gasteiger partial charge >= 0.3 is 0 Å². The minimum Gasteiger partial charge on any atom is -0.390 e. The number of carbonyl (C=O) groups is 1. The van der Waals surface area contributed by atoms with Crippen molar-refractivity contribution < 1.29 is 14.8 Å². The lowest BCUT2D eigenvalue weighted by atomic mass is 9.42. The summed E-state index contributed by atoms with van der Waals surface area (Å²) in [5.74, 6) is 1.94. The van der Waals surface area contributed by atoms with E-state index in [1.165, 1.54) is 0 Å². The fourth-order valence-corrected chi connectivity index (χ4v) is 7.97. The summed E-state index contributed by atoms with van der Waals surface area (Å²) in [6, 6.07) is 0. The van der Waals surface area contributed by atoms with Crippen LogP contribution in [0.3, 0.4) is 0 Å². The third-order valence-corrected chi connectivity index (χ3v) is 9.72. The molecule has 4 aliphatic carbocycles. The van der Waals surface area contributed by atoms with Gasteiger partial charge in [0.2, 0.25) is 6.54 Å². The number of nitrogens with zero attached hydrogens (tertiary/aromatic N) is 1. The van der Waals surface area contributed by atoms with Gasteiger partial charge in [-0.25, -0.2) is 0 Å². The summed E-state index contributed by atoms with van der Waals surface area (Å²) in [7, 11) is 0. The molecule has 0 aliphatic heterocycles. The number of nitro groups is 1. The van der Waals surface area contributed by atoms with E-state index in [1.807, 2.05) is 6.92 Å². The van der Waals surface area contributed by atoms with Gasteiger partial charge < -0.3 is 5.11 Å². The monoisotopic (exact) mass is 363 g/mol. The highest BCUT2D eigenvalue weighted by molar-refractivity contribution is 5.80. The van der Waals surface area contributed by atoms with Gasteiger partial charge in [-0.3, -0.25) is 14.9 Å². The molecule has 0 aromatic heterocycles. The average Bonchev–Trinajstić information content (AvgIpc) is 2.78. The Morgan fingerprint density at radius 3 is 2.46 bits per heavy atom. The van der Waals surface area contributed by atoms with Gasteiger partial charge in [-0.1, -0.05) is 13.8 Å². The van der Waals surface area contributed by atoms with Crippen molar-refractivity contribution in [3.63, 3.8) is 0 Å². The summed E-state index contributed by atoms with van der Waals surface area (Å²) in [5.41, 5.74) is -0.719. The molecular weight excluding hydrogens is 330 g/mol. The van der Waals surface area contributed by atoms with E-state index >= 15 is 0 Å². The lowest BCUT2D eigenvalue weighted by Crippen LogP contribution is -2.59. The summed E-state index contributed by atoms with van der Waals surface area (Å²) >= 11 is 0. The zero-order chi connectivity index (χ0) is 18.9. The molecule has 0 spiro atoms.